The summed E-state index contributed by atoms with van der Waals surface area (Å²) in [6.45, 7) is 9.02. The number of hydrogen-bond acceptors (Lipinski definition) is 4. The fourth-order valence-corrected chi connectivity index (χ4v) is 6.72. The lowest BCUT2D eigenvalue weighted by molar-refractivity contribution is 0.425. The van der Waals surface area contributed by atoms with Crippen LogP contribution in [-0.2, 0) is 10.8 Å². The predicted octanol–water partition coefficient (Wildman–Crippen LogP) is 6.84. The van der Waals surface area contributed by atoms with Gasteiger partial charge in [0, 0.05) is 28.3 Å². The Labute approximate surface area is 235 Å². The van der Waals surface area contributed by atoms with Crippen molar-refractivity contribution in [3.8, 4) is 22.4 Å². The van der Waals surface area contributed by atoms with E-state index in [1.54, 1.807) is 0 Å². The zero-order valence-corrected chi connectivity index (χ0v) is 23.2. The first-order valence-corrected chi connectivity index (χ1v) is 13.8. The van der Waals surface area contributed by atoms with Crippen molar-refractivity contribution in [3.63, 3.8) is 0 Å². The molecule has 1 aliphatic carbocycles. The van der Waals surface area contributed by atoms with Gasteiger partial charge in [-0.3, -0.25) is 4.98 Å². The molecular formula is C35H31BN2O2. The zero-order valence-electron chi connectivity index (χ0n) is 23.2. The quantitative estimate of drug-likeness (QED) is 0.255. The van der Waals surface area contributed by atoms with Gasteiger partial charge in [-0.1, -0.05) is 82.3 Å². The first-order chi connectivity index (χ1) is 19.2. The maximum absolute atomic E-state index is 10.0. The Morgan fingerprint density at radius 2 is 1.30 bits per heavy atom. The van der Waals surface area contributed by atoms with Crippen LogP contribution in [0.2, 0.25) is 0 Å². The molecule has 2 heterocycles. The van der Waals surface area contributed by atoms with Gasteiger partial charge in [-0.05, 0) is 81.3 Å². The molecule has 40 heavy (non-hydrogen) atoms. The van der Waals surface area contributed by atoms with Crippen molar-refractivity contribution in [3.05, 3.63) is 126 Å². The van der Waals surface area contributed by atoms with Gasteiger partial charge in [0.25, 0.3) is 0 Å². The van der Waals surface area contributed by atoms with Crippen LogP contribution in [-0.4, -0.2) is 22.2 Å². The predicted molar refractivity (Wildman–Crippen MR) is 164 cm³/mol. The zero-order chi connectivity index (χ0) is 27.8. The van der Waals surface area contributed by atoms with Crippen molar-refractivity contribution in [2.75, 3.05) is 4.90 Å². The van der Waals surface area contributed by atoms with Crippen molar-refractivity contribution >= 4 is 29.6 Å². The Hall–Kier alpha value is -4.19. The van der Waals surface area contributed by atoms with Crippen LogP contribution in [0.1, 0.15) is 49.9 Å². The maximum Gasteiger partial charge on any atom is 0.488 e. The van der Waals surface area contributed by atoms with Crippen molar-refractivity contribution in [1.29, 1.82) is 0 Å². The molecule has 5 aromatic rings. The Morgan fingerprint density at radius 1 is 0.625 bits per heavy atom. The number of nitrogens with zero attached hydrogens (tertiary/aromatic N) is 2. The average Bonchev–Trinajstić information content (AvgIpc) is 3.19. The normalized spacial score (nSPS) is 15.6. The van der Waals surface area contributed by atoms with Gasteiger partial charge >= 0.3 is 7.12 Å². The van der Waals surface area contributed by atoms with E-state index in [9.17, 15) is 10.0 Å². The first-order valence-electron chi connectivity index (χ1n) is 13.8. The molecule has 4 aromatic carbocycles. The van der Waals surface area contributed by atoms with Gasteiger partial charge in [0.1, 0.15) is 0 Å². The standard InChI is InChI=1S/C35H31BN2O2/c1-34(2)27-10-6-5-9-25(27)26-15-14-24(21-28(26)34)38-32-16-12-22(31-11-7-8-18-37-31)19-29(32)35(3,4)30-20-23(36(39)40)13-17-33(30)38/h5-21,39-40H,1-4H3. The van der Waals surface area contributed by atoms with E-state index in [0.717, 1.165) is 39.4 Å². The molecule has 0 atom stereocenters. The van der Waals surface area contributed by atoms with E-state index in [1.165, 1.54) is 22.3 Å². The van der Waals surface area contributed by atoms with Gasteiger partial charge in [0.2, 0.25) is 0 Å². The Morgan fingerprint density at radius 3 is 2.05 bits per heavy atom. The third-order valence-electron chi connectivity index (χ3n) is 8.93. The second kappa shape index (κ2) is 8.66. The minimum absolute atomic E-state index is 0.115. The van der Waals surface area contributed by atoms with Crippen LogP contribution in [0.4, 0.5) is 17.1 Å². The monoisotopic (exact) mass is 522 g/mol. The van der Waals surface area contributed by atoms with Gasteiger partial charge in [-0.2, -0.15) is 0 Å². The molecule has 4 nitrogen and oxygen atoms in total. The summed E-state index contributed by atoms with van der Waals surface area (Å²) in [5.74, 6) is 0. The van der Waals surface area contributed by atoms with E-state index in [0.29, 0.717) is 5.46 Å². The van der Waals surface area contributed by atoms with Gasteiger partial charge < -0.3 is 14.9 Å². The third-order valence-corrected chi connectivity index (χ3v) is 8.93. The van der Waals surface area contributed by atoms with E-state index in [-0.39, 0.29) is 10.8 Å². The molecule has 2 aliphatic rings. The molecular weight excluding hydrogens is 491 g/mol. The van der Waals surface area contributed by atoms with Crippen molar-refractivity contribution in [2.45, 2.75) is 38.5 Å². The Balaban J connectivity index is 1.47. The number of rotatable bonds is 3. The highest BCUT2D eigenvalue weighted by Gasteiger charge is 2.40. The second-order valence-electron chi connectivity index (χ2n) is 12.0. The first kappa shape index (κ1) is 24.8. The largest absolute Gasteiger partial charge is 0.488 e. The lowest BCUT2D eigenvalue weighted by atomic mass is 9.69. The van der Waals surface area contributed by atoms with Crippen molar-refractivity contribution < 1.29 is 10.0 Å². The second-order valence-corrected chi connectivity index (χ2v) is 12.0. The molecule has 5 heteroatoms. The van der Waals surface area contributed by atoms with Crippen molar-refractivity contribution in [1.82, 2.24) is 4.98 Å². The van der Waals surface area contributed by atoms with E-state index in [2.05, 4.69) is 98.2 Å². The molecule has 7 rings (SSSR count). The molecule has 0 saturated heterocycles. The highest BCUT2D eigenvalue weighted by Crippen LogP contribution is 2.55. The van der Waals surface area contributed by atoms with Crippen LogP contribution in [0, 0.1) is 0 Å². The van der Waals surface area contributed by atoms with Crippen LogP contribution in [0.15, 0.2) is 103 Å². The molecule has 2 N–H and O–H groups in total. The maximum atomic E-state index is 10.0. The average molecular weight is 522 g/mol. The lowest BCUT2D eigenvalue weighted by Crippen LogP contribution is -2.35. The molecule has 0 unspecified atom stereocenters. The van der Waals surface area contributed by atoms with Gasteiger partial charge in [-0.15, -0.1) is 0 Å². The van der Waals surface area contributed by atoms with E-state index >= 15 is 0 Å². The number of pyridine rings is 1. The molecule has 1 aromatic heterocycles. The van der Waals surface area contributed by atoms with Gasteiger partial charge in [-0.25, -0.2) is 0 Å². The summed E-state index contributed by atoms with van der Waals surface area (Å²) in [4.78, 5) is 6.92. The SMILES string of the molecule is CC1(C)c2ccccc2-c2ccc(N3c4ccc(B(O)O)cc4C(C)(C)c4cc(-c5ccccn5)ccc43)cc21. The molecule has 1 aliphatic heterocycles. The fraction of sp³-hybridized carbons (Fsp3) is 0.171. The Kier molecular flexibility index (Phi) is 5.37. The summed E-state index contributed by atoms with van der Waals surface area (Å²) in [5.41, 5.74) is 12.7. The summed E-state index contributed by atoms with van der Waals surface area (Å²) in [7, 11) is -1.53. The lowest BCUT2D eigenvalue weighted by Gasteiger charge is -2.42. The number of anilines is 3. The van der Waals surface area contributed by atoms with E-state index in [1.807, 2.05) is 42.6 Å². The van der Waals surface area contributed by atoms with Gasteiger partial charge in [0.05, 0.1) is 17.1 Å². The number of aromatic nitrogens is 1. The molecule has 0 radical (unpaired) electrons. The van der Waals surface area contributed by atoms with Crippen LogP contribution in [0.3, 0.4) is 0 Å². The van der Waals surface area contributed by atoms with E-state index < -0.39 is 7.12 Å². The fourth-order valence-electron chi connectivity index (χ4n) is 6.72. The topological polar surface area (TPSA) is 56.6 Å². The number of fused-ring (bicyclic) bond motifs is 5. The molecule has 0 bridgehead atoms. The van der Waals surface area contributed by atoms with Crippen LogP contribution >= 0.6 is 0 Å². The van der Waals surface area contributed by atoms with E-state index in [4.69, 9.17) is 0 Å². The molecule has 0 fully saturated rings. The number of benzene rings is 4. The highest BCUT2D eigenvalue weighted by molar-refractivity contribution is 6.58. The molecule has 0 saturated carbocycles. The Bertz CT molecular complexity index is 1790. The summed E-state index contributed by atoms with van der Waals surface area (Å²) in [6.07, 6.45) is 1.82. The minimum Gasteiger partial charge on any atom is -0.423 e. The van der Waals surface area contributed by atoms with Gasteiger partial charge in [0.15, 0.2) is 0 Å². The number of hydrogen-bond donors (Lipinski definition) is 2. The van der Waals surface area contributed by atoms with Crippen LogP contribution in [0.5, 0.6) is 0 Å². The summed E-state index contributed by atoms with van der Waals surface area (Å²) in [6, 6.07) is 33.8. The third kappa shape index (κ3) is 3.51. The molecule has 196 valence electrons. The van der Waals surface area contributed by atoms with Crippen LogP contribution in [0.25, 0.3) is 22.4 Å². The molecule has 0 amide bonds. The summed E-state index contributed by atoms with van der Waals surface area (Å²) in [5, 5.41) is 20.1. The van der Waals surface area contributed by atoms with Crippen LogP contribution < -0.4 is 10.4 Å². The smallest absolute Gasteiger partial charge is 0.423 e. The minimum atomic E-state index is -1.53. The van der Waals surface area contributed by atoms with Crippen molar-refractivity contribution in [2.24, 2.45) is 0 Å². The summed E-state index contributed by atoms with van der Waals surface area (Å²) >= 11 is 0. The summed E-state index contributed by atoms with van der Waals surface area (Å²) < 4.78 is 0. The highest BCUT2D eigenvalue weighted by atomic mass is 16.4. The molecule has 0 spiro atoms.